The Kier molecular flexibility index (Phi) is 2.73. The third-order valence-corrected chi connectivity index (χ3v) is 5.19. The Hall–Kier alpha value is -2.42. The number of fused-ring (bicyclic) bond motifs is 2. The monoisotopic (exact) mass is 292 g/mol. The second-order valence-electron chi connectivity index (χ2n) is 6.22. The fourth-order valence-corrected chi connectivity index (χ4v) is 4.00. The van der Waals surface area contributed by atoms with E-state index in [1.54, 1.807) is 0 Å². The summed E-state index contributed by atoms with van der Waals surface area (Å²) in [5.41, 5.74) is 3.00. The van der Waals surface area contributed by atoms with Gasteiger partial charge in [0.2, 0.25) is 0 Å². The van der Waals surface area contributed by atoms with Gasteiger partial charge in [0.1, 0.15) is 12.4 Å². The average molecular weight is 292 g/mol. The molecule has 3 atom stereocenters. The van der Waals surface area contributed by atoms with Gasteiger partial charge in [0.25, 0.3) is 0 Å². The topological polar surface area (TPSA) is 43.4 Å². The minimum Gasteiger partial charge on any atom is -0.457 e. The summed E-state index contributed by atoms with van der Waals surface area (Å²) in [5, 5.41) is 0. The molecule has 3 heteroatoms. The van der Waals surface area contributed by atoms with Crippen LogP contribution in [0.15, 0.2) is 48.5 Å². The molecule has 1 aliphatic carbocycles. The largest absolute Gasteiger partial charge is 0.457 e. The summed E-state index contributed by atoms with van der Waals surface area (Å²) in [6.45, 7) is 1.94. The number of hydrogen-bond acceptors (Lipinski definition) is 3. The van der Waals surface area contributed by atoms with Gasteiger partial charge in [0.15, 0.2) is 0 Å². The van der Waals surface area contributed by atoms with Crippen LogP contribution in [-0.2, 0) is 14.9 Å². The van der Waals surface area contributed by atoms with Crippen molar-refractivity contribution in [1.82, 2.24) is 0 Å². The van der Waals surface area contributed by atoms with E-state index in [9.17, 15) is 9.59 Å². The smallest absolute Gasteiger partial charge is 0.317 e. The molecule has 0 spiro atoms. The highest BCUT2D eigenvalue weighted by Gasteiger charge is 2.56. The lowest BCUT2D eigenvalue weighted by atomic mass is 9.59. The van der Waals surface area contributed by atoms with Crippen molar-refractivity contribution in [2.45, 2.75) is 30.8 Å². The summed E-state index contributed by atoms with van der Waals surface area (Å²) in [6, 6.07) is 15.5. The Morgan fingerprint density at radius 2 is 1.77 bits per heavy atom. The zero-order valence-corrected chi connectivity index (χ0v) is 12.3. The lowest BCUT2D eigenvalue weighted by Gasteiger charge is -2.49. The molecule has 2 aromatic carbocycles. The second-order valence-corrected chi connectivity index (χ2v) is 6.22. The maximum Gasteiger partial charge on any atom is 0.317 e. The third-order valence-electron chi connectivity index (χ3n) is 5.19. The van der Waals surface area contributed by atoms with Gasteiger partial charge in [0.05, 0.1) is 5.41 Å². The molecule has 1 saturated heterocycles. The van der Waals surface area contributed by atoms with Gasteiger partial charge in [-0.25, -0.2) is 0 Å². The van der Waals surface area contributed by atoms with Gasteiger partial charge in [-0.3, -0.25) is 9.59 Å². The number of rotatable bonds is 2. The predicted molar refractivity (Wildman–Crippen MR) is 81.8 cm³/mol. The molecule has 0 unspecified atom stereocenters. The molecular weight excluding hydrogens is 276 g/mol. The van der Waals surface area contributed by atoms with E-state index in [0.717, 1.165) is 29.4 Å². The van der Waals surface area contributed by atoms with Gasteiger partial charge < -0.3 is 4.74 Å². The van der Waals surface area contributed by atoms with Gasteiger partial charge >= 0.3 is 5.97 Å². The quantitative estimate of drug-likeness (QED) is 0.628. The molecule has 0 N–H and O–H groups in total. The van der Waals surface area contributed by atoms with Crippen LogP contribution in [-0.4, -0.2) is 12.3 Å². The van der Waals surface area contributed by atoms with Crippen molar-refractivity contribution < 1.29 is 14.3 Å². The van der Waals surface area contributed by atoms with Gasteiger partial charge in [-0.2, -0.15) is 0 Å². The van der Waals surface area contributed by atoms with Gasteiger partial charge in [-0.05, 0) is 30.0 Å². The van der Waals surface area contributed by atoms with Crippen LogP contribution in [0.3, 0.4) is 0 Å². The molecule has 2 heterocycles. The first-order valence-electron chi connectivity index (χ1n) is 7.51. The van der Waals surface area contributed by atoms with Crippen molar-refractivity contribution in [2.24, 2.45) is 0 Å². The molecule has 2 aromatic rings. The van der Waals surface area contributed by atoms with Crippen molar-refractivity contribution in [2.75, 3.05) is 0 Å². The van der Waals surface area contributed by atoms with Crippen molar-refractivity contribution in [3.05, 3.63) is 70.8 Å². The zero-order valence-electron chi connectivity index (χ0n) is 12.3. The number of carbonyl (C=O) groups excluding carboxylic acids is 2. The summed E-state index contributed by atoms with van der Waals surface area (Å²) < 4.78 is 5.61. The highest BCUT2D eigenvalue weighted by atomic mass is 16.5. The highest BCUT2D eigenvalue weighted by Crippen LogP contribution is 2.56. The Balaban J connectivity index is 1.94. The molecule has 0 saturated carbocycles. The van der Waals surface area contributed by atoms with Crippen molar-refractivity contribution >= 4 is 12.3 Å². The average Bonchev–Trinajstić information content (AvgIpc) is 2.56. The van der Waals surface area contributed by atoms with Gasteiger partial charge in [-0.1, -0.05) is 48.5 Å². The highest BCUT2D eigenvalue weighted by molar-refractivity contribution is 5.89. The molecule has 110 valence electrons. The minimum atomic E-state index is -0.732. The lowest BCUT2D eigenvalue weighted by Crippen LogP contribution is -2.50. The third kappa shape index (κ3) is 1.56. The standard InChI is InChI=1S/C19H16O3/c1-19-15-9-5-4-8-14(15)17(22-18(19)21)10-16(19)13-7-3-2-6-12(13)11-20/h2-9,11,16-17H,10H2,1H3/t16-,17-,19-/m1/s1. The number of esters is 1. The van der Waals surface area contributed by atoms with Crippen LogP contribution < -0.4 is 0 Å². The molecule has 2 bridgehead atoms. The first-order valence-corrected chi connectivity index (χ1v) is 7.51. The van der Waals surface area contributed by atoms with Gasteiger partial charge in [-0.15, -0.1) is 0 Å². The van der Waals surface area contributed by atoms with E-state index in [2.05, 4.69) is 0 Å². The SMILES string of the molecule is C[C@]12C(=O)O[C@H](C[C@@H]1c1ccccc1C=O)c1ccccc12. The van der Waals surface area contributed by atoms with E-state index in [1.807, 2.05) is 55.5 Å². The number of benzene rings is 2. The minimum absolute atomic E-state index is 0.0324. The Labute approximate surface area is 128 Å². The molecule has 3 nitrogen and oxygen atoms in total. The molecule has 5 rings (SSSR count). The predicted octanol–water partition coefficient (Wildman–Crippen LogP) is 3.54. The number of ether oxygens (including phenoxy) is 1. The van der Waals surface area contributed by atoms with Crippen LogP contribution in [0, 0.1) is 0 Å². The molecule has 0 amide bonds. The van der Waals surface area contributed by atoms with Crippen LogP contribution in [0.1, 0.15) is 52.4 Å². The van der Waals surface area contributed by atoms with Crippen molar-refractivity contribution in [3.63, 3.8) is 0 Å². The molecule has 0 aromatic heterocycles. The molecule has 2 aliphatic heterocycles. The van der Waals surface area contributed by atoms with E-state index in [0.29, 0.717) is 5.56 Å². The van der Waals surface area contributed by atoms with E-state index < -0.39 is 5.41 Å². The summed E-state index contributed by atoms with van der Waals surface area (Å²) in [5.74, 6) is -0.219. The maximum absolute atomic E-state index is 12.6. The summed E-state index contributed by atoms with van der Waals surface area (Å²) in [7, 11) is 0. The Morgan fingerprint density at radius 3 is 2.55 bits per heavy atom. The van der Waals surface area contributed by atoms with E-state index in [4.69, 9.17) is 4.74 Å². The molecule has 0 radical (unpaired) electrons. The fourth-order valence-electron chi connectivity index (χ4n) is 4.00. The van der Waals surface area contributed by atoms with Gasteiger partial charge in [0, 0.05) is 11.5 Å². The van der Waals surface area contributed by atoms with Crippen molar-refractivity contribution in [1.29, 1.82) is 0 Å². The van der Waals surface area contributed by atoms with E-state index in [-0.39, 0.29) is 18.0 Å². The summed E-state index contributed by atoms with van der Waals surface area (Å²) in [4.78, 5) is 24.0. The number of aldehydes is 1. The zero-order chi connectivity index (χ0) is 15.3. The first-order chi connectivity index (χ1) is 10.7. The van der Waals surface area contributed by atoms with Crippen LogP contribution >= 0.6 is 0 Å². The maximum atomic E-state index is 12.6. The second kappa shape index (κ2) is 4.54. The Morgan fingerprint density at radius 1 is 1.09 bits per heavy atom. The van der Waals surface area contributed by atoms with Crippen LogP contribution in [0.4, 0.5) is 0 Å². The first kappa shape index (κ1) is 13.3. The molecular formula is C19H16O3. The summed E-state index contributed by atoms with van der Waals surface area (Å²) in [6.07, 6.45) is 1.39. The normalized spacial score (nSPS) is 28.9. The van der Waals surface area contributed by atoms with E-state index in [1.165, 1.54) is 0 Å². The van der Waals surface area contributed by atoms with E-state index >= 15 is 0 Å². The molecule has 3 aliphatic rings. The van der Waals surface area contributed by atoms with Crippen molar-refractivity contribution in [3.8, 4) is 0 Å². The number of carbonyl (C=O) groups is 2. The van der Waals surface area contributed by atoms with Crippen LogP contribution in [0.5, 0.6) is 0 Å². The fraction of sp³-hybridized carbons (Fsp3) is 0.263. The van der Waals surface area contributed by atoms with Crippen LogP contribution in [0.2, 0.25) is 0 Å². The number of hydrogen-bond donors (Lipinski definition) is 0. The summed E-state index contributed by atoms with van der Waals surface area (Å²) >= 11 is 0. The lowest BCUT2D eigenvalue weighted by molar-refractivity contribution is -0.168. The molecule has 1 fully saturated rings. The van der Waals surface area contributed by atoms with Crippen LogP contribution in [0.25, 0.3) is 0 Å². The molecule has 22 heavy (non-hydrogen) atoms. The Bertz CT molecular complexity index is 780.